The Labute approximate surface area is 122 Å². The Kier molecular flexibility index (Phi) is 4.70. The van der Waals surface area contributed by atoms with Crippen molar-refractivity contribution in [1.29, 1.82) is 5.26 Å². The van der Waals surface area contributed by atoms with Gasteiger partial charge in [0.2, 0.25) is 0 Å². The molecule has 0 fully saturated rings. The standard InChI is InChI=1S/C16H14N2OS/c1-12(13-6-3-2-4-7-13)18-16(19)14(11-17)10-15-8-5-9-20-15/h2-10,12H,1H3,(H,18,19)/b14-10-. The summed E-state index contributed by atoms with van der Waals surface area (Å²) in [5.41, 5.74) is 1.13. The number of carbonyl (C=O) groups excluding carboxylic acids is 1. The topological polar surface area (TPSA) is 52.9 Å². The van der Waals surface area contributed by atoms with Crippen LogP contribution in [0.15, 0.2) is 53.4 Å². The van der Waals surface area contributed by atoms with Crippen molar-refractivity contribution in [3.05, 3.63) is 63.9 Å². The van der Waals surface area contributed by atoms with Crippen LogP contribution >= 0.6 is 11.3 Å². The average molecular weight is 282 g/mol. The lowest BCUT2D eigenvalue weighted by molar-refractivity contribution is -0.117. The van der Waals surface area contributed by atoms with E-state index in [1.54, 1.807) is 6.08 Å². The van der Waals surface area contributed by atoms with Crippen molar-refractivity contribution in [3.63, 3.8) is 0 Å². The summed E-state index contributed by atoms with van der Waals surface area (Å²) in [5.74, 6) is -0.350. The Hall–Kier alpha value is -2.38. The molecule has 1 aromatic heterocycles. The van der Waals surface area contributed by atoms with E-state index >= 15 is 0 Å². The molecule has 0 radical (unpaired) electrons. The molecule has 0 aliphatic carbocycles. The maximum absolute atomic E-state index is 12.1. The van der Waals surface area contributed by atoms with E-state index in [2.05, 4.69) is 5.32 Å². The van der Waals surface area contributed by atoms with E-state index in [1.807, 2.05) is 60.8 Å². The molecular formula is C16H14N2OS. The van der Waals surface area contributed by atoms with Crippen molar-refractivity contribution in [2.45, 2.75) is 13.0 Å². The number of amides is 1. The molecule has 0 bridgehead atoms. The highest BCUT2D eigenvalue weighted by molar-refractivity contribution is 7.10. The zero-order valence-electron chi connectivity index (χ0n) is 11.0. The summed E-state index contributed by atoms with van der Waals surface area (Å²) in [7, 11) is 0. The summed E-state index contributed by atoms with van der Waals surface area (Å²) >= 11 is 1.49. The van der Waals surface area contributed by atoms with E-state index in [9.17, 15) is 4.79 Å². The summed E-state index contributed by atoms with van der Waals surface area (Å²) in [6.07, 6.45) is 1.61. The number of nitrogens with zero attached hydrogens (tertiary/aromatic N) is 1. The van der Waals surface area contributed by atoms with E-state index in [0.717, 1.165) is 10.4 Å². The predicted molar refractivity (Wildman–Crippen MR) is 80.9 cm³/mol. The van der Waals surface area contributed by atoms with Crippen LogP contribution in [0.2, 0.25) is 0 Å². The van der Waals surface area contributed by atoms with Crippen molar-refractivity contribution in [1.82, 2.24) is 5.32 Å². The number of carbonyl (C=O) groups is 1. The largest absolute Gasteiger partial charge is 0.345 e. The molecule has 0 spiro atoms. The third kappa shape index (κ3) is 3.56. The number of rotatable bonds is 4. The Morgan fingerprint density at radius 2 is 2.05 bits per heavy atom. The van der Waals surface area contributed by atoms with Gasteiger partial charge in [-0.1, -0.05) is 36.4 Å². The first-order chi connectivity index (χ1) is 9.70. The first-order valence-corrected chi connectivity index (χ1v) is 7.10. The first-order valence-electron chi connectivity index (χ1n) is 6.22. The lowest BCUT2D eigenvalue weighted by Crippen LogP contribution is -2.27. The van der Waals surface area contributed by atoms with Crippen LogP contribution in [0, 0.1) is 11.3 Å². The lowest BCUT2D eigenvalue weighted by atomic mass is 10.1. The normalized spacial score (nSPS) is 12.5. The number of nitriles is 1. The minimum absolute atomic E-state index is 0.121. The van der Waals surface area contributed by atoms with Crippen molar-refractivity contribution in [2.24, 2.45) is 0 Å². The minimum atomic E-state index is -0.350. The van der Waals surface area contributed by atoms with Gasteiger partial charge in [-0.3, -0.25) is 4.79 Å². The second-order valence-corrected chi connectivity index (χ2v) is 5.27. The van der Waals surface area contributed by atoms with Gasteiger partial charge in [-0.05, 0) is 30.0 Å². The van der Waals surface area contributed by atoms with Crippen LogP contribution in [0.4, 0.5) is 0 Å². The molecule has 1 atom stereocenters. The van der Waals surface area contributed by atoms with Crippen LogP contribution in [-0.4, -0.2) is 5.91 Å². The number of benzene rings is 1. The van der Waals surface area contributed by atoms with E-state index in [4.69, 9.17) is 5.26 Å². The second-order valence-electron chi connectivity index (χ2n) is 4.29. The van der Waals surface area contributed by atoms with Crippen molar-refractivity contribution >= 4 is 23.3 Å². The summed E-state index contributed by atoms with van der Waals surface area (Å²) in [6, 6.07) is 15.2. The highest BCUT2D eigenvalue weighted by Gasteiger charge is 2.13. The molecule has 20 heavy (non-hydrogen) atoms. The maximum atomic E-state index is 12.1. The third-order valence-corrected chi connectivity index (χ3v) is 3.66. The number of hydrogen-bond acceptors (Lipinski definition) is 3. The second kappa shape index (κ2) is 6.69. The van der Waals surface area contributed by atoms with Gasteiger partial charge in [-0.25, -0.2) is 0 Å². The number of hydrogen-bond donors (Lipinski definition) is 1. The molecular weight excluding hydrogens is 268 g/mol. The van der Waals surface area contributed by atoms with Crippen LogP contribution in [0.3, 0.4) is 0 Å². The van der Waals surface area contributed by atoms with Gasteiger partial charge in [-0.2, -0.15) is 5.26 Å². The van der Waals surface area contributed by atoms with Gasteiger partial charge in [0.1, 0.15) is 11.6 Å². The molecule has 2 rings (SSSR count). The molecule has 3 nitrogen and oxygen atoms in total. The highest BCUT2D eigenvalue weighted by atomic mass is 32.1. The monoisotopic (exact) mass is 282 g/mol. The molecule has 1 heterocycles. The zero-order chi connectivity index (χ0) is 14.4. The molecule has 0 aliphatic heterocycles. The van der Waals surface area contributed by atoms with E-state index in [0.29, 0.717) is 0 Å². The molecule has 1 aromatic carbocycles. The van der Waals surface area contributed by atoms with E-state index in [-0.39, 0.29) is 17.5 Å². The van der Waals surface area contributed by atoms with Crippen LogP contribution in [0.25, 0.3) is 6.08 Å². The Morgan fingerprint density at radius 3 is 2.65 bits per heavy atom. The molecule has 100 valence electrons. The fourth-order valence-corrected chi connectivity index (χ4v) is 2.42. The smallest absolute Gasteiger partial charge is 0.262 e. The van der Waals surface area contributed by atoms with Crippen molar-refractivity contribution in [3.8, 4) is 6.07 Å². The highest BCUT2D eigenvalue weighted by Crippen LogP contribution is 2.15. The number of thiophene rings is 1. The summed E-state index contributed by atoms with van der Waals surface area (Å²) in [5, 5.41) is 13.8. The van der Waals surface area contributed by atoms with Gasteiger partial charge in [0.25, 0.3) is 5.91 Å². The average Bonchev–Trinajstić information content (AvgIpc) is 2.98. The fourth-order valence-electron chi connectivity index (χ4n) is 1.76. The summed E-state index contributed by atoms with van der Waals surface area (Å²) in [6.45, 7) is 1.90. The third-order valence-electron chi connectivity index (χ3n) is 2.84. The first kappa shape index (κ1) is 14.0. The maximum Gasteiger partial charge on any atom is 0.262 e. The molecule has 1 N–H and O–H groups in total. The summed E-state index contributed by atoms with van der Waals surface area (Å²) < 4.78 is 0. The Balaban J connectivity index is 2.09. The molecule has 0 aliphatic rings. The summed E-state index contributed by atoms with van der Waals surface area (Å²) in [4.78, 5) is 13.0. The van der Waals surface area contributed by atoms with Crippen LogP contribution in [0.5, 0.6) is 0 Å². The number of nitrogens with one attached hydrogen (secondary N) is 1. The molecule has 2 aromatic rings. The van der Waals surface area contributed by atoms with Gasteiger partial charge >= 0.3 is 0 Å². The van der Waals surface area contributed by atoms with Crippen molar-refractivity contribution in [2.75, 3.05) is 0 Å². The molecule has 0 saturated carbocycles. The zero-order valence-corrected chi connectivity index (χ0v) is 11.9. The minimum Gasteiger partial charge on any atom is -0.345 e. The van der Waals surface area contributed by atoms with Gasteiger partial charge in [0.05, 0.1) is 6.04 Å². The van der Waals surface area contributed by atoms with Crippen molar-refractivity contribution < 1.29 is 4.79 Å². The molecule has 1 amide bonds. The van der Waals surface area contributed by atoms with E-state index < -0.39 is 0 Å². The molecule has 0 saturated heterocycles. The van der Waals surface area contributed by atoms with Gasteiger partial charge in [0, 0.05) is 4.88 Å². The SMILES string of the molecule is CC(NC(=O)/C(C#N)=C\c1cccs1)c1ccccc1. The quantitative estimate of drug-likeness (QED) is 0.689. The molecule has 1 unspecified atom stereocenters. The predicted octanol–water partition coefficient (Wildman–Crippen LogP) is 3.53. The van der Waals surface area contributed by atoms with Crippen LogP contribution in [-0.2, 0) is 4.79 Å². The Morgan fingerprint density at radius 1 is 1.30 bits per heavy atom. The van der Waals surface area contributed by atoms with Gasteiger partial charge in [-0.15, -0.1) is 11.3 Å². The van der Waals surface area contributed by atoms with Crippen LogP contribution in [0.1, 0.15) is 23.4 Å². The molecule has 4 heteroatoms. The fraction of sp³-hybridized carbons (Fsp3) is 0.125. The Bertz CT molecular complexity index is 639. The lowest BCUT2D eigenvalue weighted by Gasteiger charge is -2.13. The van der Waals surface area contributed by atoms with Gasteiger partial charge < -0.3 is 5.32 Å². The van der Waals surface area contributed by atoms with Crippen LogP contribution < -0.4 is 5.32 Å². The van der Waals surface area contributed by atoms with E-state index in [1.165, 1.54) is 11.3 Å². The van der Waals surface area contributed by atoms with Gasteiger partial charge in [0.15, 0.2) is 0 Å².